The highest BCUT2D eigenvalue weighted by Crippen LogP contribution is 2.20. The molecule has 0 unspecified atom stereocenters. The summed E-state index contributed by atoms with van der Waals surface area (Å²) in [6, 6.07) is 3.93. The topological polar surface area (TPSA) is 74.5 Å². The number of amides is 2. The minimum atomic E-state index is -0.107. The summed E-state index contributed by atoms with van der Waals surface area (Å²) in [5.41, 5.74) is 2.03. The third-order valence-corrected chi connectivity index (χ3v) is 4.29. The molecule has 1 saturated heterocycles. The molecular weight excluding hydrogens is 306 g/mol. The first-order valence-electron chi connectivity index (χ1n) is 8.16. The molecule has 7 heteroatoms. The number of anilines is 1. The van der Waals surface area contributed by atoms with Crippen molar-refractivity contribution in [1.82, 2.24) is 19.9 Å². The predicted octanol–water partition coefficient (Wildman–Crippen LogP) is 2.36. The van der Waals surface area contributed by atoms with E-state index in [4.69, 9.17) is 4.52 Å². The molecular formula is C17H23N5O2. The number of pyridine rings is 1. The van der Waals surface area contributed by atoms with E-state index in [-0.39, 0.29) is 6.03 Å². The average molecular weight is 329 g/mol. The Hall–Kier alpha value is -2.41. The fraction of sp³-hybridized carbons (Fsp3) is 0.471. The zero-order chi connectivity index (χ0) is 16.9. The van der Waals surface area contributed by atoms with Crippen LogP contribution in [0.5, 0.6) is 0 Å². The molecule has 3 heterocycles. The normalized spacial score (nSPS) is 17.5. The van der Waals surface area contributed by atoms with Crippen molar-refractivity contribution in [2.24, 2.45) is 5.92 Å². The Morgan fingerprint density at radius 1 is 1.54 bits per heavy atom. The second kappa shape index (κ2) is 7.44. The van der Waals surface area contributed by atoms with Crippen LogP contribution in [-0.2, 0) is 6.54 Å². The van der Waals surface area contributed by atoms with E-state index in [9.17, 15) is 4.79 Å². The molecule has 2 amide bonds. The number of carbonyl (C=O) groups excluding carboxylic acids is 1. The van der Waals surface area contributed by atoms with Gasteiger partial charge in [-0.3, -0.25) is 10.3 Å². The van der Waals surface area contributed by atoms with E-state index in [1.807, 2.05) is 24.1 Å². The largest absolute Gasteiger partial charge is 0.362 e. The molecule has 1 aliphatic heterocycles. The van der Waals surface area contributed by atoms with Crippen molar-refractivity contribution in [1.29, 1.82) is 0 Å². The quantitative estimate of drug-likeness (QED) is 0.911. The summed E-state index contributed by atoms with van der Waals surface area (Å²) in [6.45, 7) is 5.22. The molecule has 24 heavy (non-hydrogen) atoms. The molecule has 2 aromatic rings. The van der Waals surface area contributed by atoms with Gasteiger partial charge in [0.2, 0.25) is 0 Å². The van der Waals surface area contributed by atoms with Crippen LogP contribution in [-0.4, -0.2) is 52.7 Å². The van der Waals surface area contributed by atoms with E-state index in [2.05, 4.69) is 33.5 Å². The molecule has 0 bridgehead atoms. The third-order valence-electron chi connectivity index (χ3n) is 4.29. The summed E-state index contributed by atoms with van der Waals surface area (Å²) in [6.07, 6.45) is 6.22. The van der Waals surface area contributed by atoms with Crippen LogP contribution < -0.4 is 5.32 Å². The highest BCUT2D eigenvalue weighted by molar-refractivity contribution is 5.89. The maximum Gasteiger partial charge on any atom is 0.323 e. The van der Waals surface area contributed by atoms with Gasteiger partial charge in [-0.05, 0) is 37.9 Å². The Morgan fingerprint density at radius 3 is 3.12 bits per heavy atom. The van der Waals surface area contributed by atoms with Gasteiger partial charge < -0.3 is 14.3 Å². The fourth-order valence-electron chi connectivity index (χ4n) is 3.06. The van der Waals surface area contributed by atoms with Gasteiger partial charge in [0.1, 0.15) is 6.26 Å². The summed E-state index contributed by atoms with van der Waals surface area (Å²) in [5, 5.41) is 6.60. The van der Waals surface area contributed by atoms with Crippen LogP contribution in [0, 0.1) is 12.8 Å². The van der Waals surface area contributed by atoms with Gasteiger partial charge in [0.25, 0.3) is 0 Å². The Kier molecular flexibility index (Phi) is 5.10. The number of nitrogens with zero attached hydrogens (tertiary/aromatic N) is 4. The number of carbonyl (C=O) groups is 1. The Balaban J connectivity index is 1.46. The van der Waals surface area contributed by atoms with Crippen LogP contribution in [0.1, 0.15) is 17.5 Å². The minimum absolute atomic E-state index is 0.107. The molecule has 1 atom stereocenters. The zero-order valence-corrected chi connectivity index (χ0v) is 14.1. The molecule has 1 aliphatic rings. The first kappa shape index (κ1) is 16.4. The second-order valence-electron chi connectivity index (χ2n) is 6.44. The highest BCUT2D eigenvalue weighted by atomic mass is 16.5. The molecule has 0 aliphatic carbocycles. The predicted molar refractivity (Wildman–Crippen MR) is 90.5 cm³/mol. The van der Waals surface area contributed by atoms with Crippen molar-refractivity contribution in [3.63, 3.8) is 0 Å². The Labute approximate surface area is 141 Å². The van der Waals surface area contributed by atoms with Gasteiger partial charge in [-0.1, -0.05) is 11.2 Å². The SMILES string of the molecule is Cc1conc1NC(=O)N1CC[C@@H](CN(C)Cc2cccnc2)C1. The van der Waals surface area contributed by atoms with E-state index < -0.39 is 0 Å². The molecule has 128 valence electrons. The summed E-state index contributed by atoms with van der Waals surface area (Å²) in [7, 11) is 2.11. The lowest BCUT2D eigenvalue weighted by molar-refractivity contribution is 0.216. The number of likely N-dealkylation sites (tertiary alicyclic amines) is 1. The molecule has 0 aromatic carbocycles. The molecule has 7 nitrogen and oxygen atoms in total. The van der Waals surface area contributed by atoms with Gasteiger partial charge in [-0.25, -0.2) is 4.79 Å². The number of aromatic nitrogens is 2. The summed E-state index contributed by atoms with van der Waals surface area (Å²) < 4.78 is 4.84. The van der Waals surface area contributed by atoms with Gasteiger partial charge >= 0.3 is 6.03 Å². The lowest BCUT2D eigenvalue weighted by Crippen LogP contribution is -2.34. The lowest BCUT2D eigenvalue weighted by atomic mass is 10.1. The summed E-state index contributed by atoms with van der Waals surface area (Å²) in [4.78, 5) is 20.6. The second-order valence-corrected chi connectivity index (χ2v) is 6.44. The van der Waals surface area contributed by atoms with E-state index in [0.29, 0.717) is 11.7 Å². The van der Waals surface area contributed by atoms with Crippen molar-refractivity contribution < 1.29 is 9.32 Å². The number of aryl methyl sites for hydroxylation is 1. The van der Waals surface area contributed by atoms with Crippen molar-refractivity contribution in [3.8, 4) is 0 Å². The first-order chi connectivity index (χ1) is 11.6. The molecule has 3 rings (SSSR count). The maximum absolute atomic E-state index is 12.3. The van der Waals surface area contributed by atoms with E-state index in [1.165, 1.54) is 11.8 Å². The van der Waals surface area contributed by atoms with Gasteiger partial charge in [0, 0.05) is 44.1 Å². The first-order valence-corrected chi connectivity index (χ1v) is 8.16. The molecule has 0 spiro atoms. The van der Waals surface area contributed by atoms with Gasteiger partial charge in [-0.2, -0.15) is 0 Å². The fourth-order valence-corrected chi connectivity index (χ4v) is 3.06. The summed E-state index contributed by atoms with van der Waals surface area (Å²) in [5.74, 6) is 0.980. The highest BCUT2D eigenvalue weighted by Gasteiger charge is 2.27. The Morgan fingerprint density at radius 2 is 2.42 bits per heavy atom. The molecule has 1 fully saturated rings. The van der Waals surface area contributed by atoms with E-state index in [1.54, 1.807) is 6.20 Å². The maximum atomic E-state index is 12.3. The van der Waals surface area contributed by atoms with Gasteiger partial charge in [0.05, 0.1) is 0 Å². The average Bonchev–Trinajstić information content (AvgIpc) is 3.18. The number of nitrogens with one attached hydrogen (secondary N) is 1. The molecule has 2 aromatic heterocycles. The van der Waals surface area contributed by atoms with Crippen molar-refractivity contribution >= 4 is 11.8 Å². The summed E-state index contributed by atoms with van der Waals surface area (Å²) >= 11 is 0. The van der Waals surface area contributed by atoms with Crippen LogP contribution >= 0.6 is 0 Å². The molecule has 1 N–H and O–H groups in total. The van der Waals surface area contributed by atoms with Gasteiger partial charge in [-0.15, -0.1) is 0 Å². The van der Waals surface area contributed by atoms with E-state index in [0.717, 1.165) is 38.2 Å². The van der Waals surface area contributed by atoms with Crippen LogP contribution in [0.4, 0.5) is 10.6 Å². The third kappa shape index (κ3) is 4.11. The van der Waals surface area contributed by atoms with E-state index >= 15 is 0 Å². The smallest absolute Gasteiger partial charge is 0.323 e. The van der Waals surface area contributed by atoms with Crippen LogP contribution in [0.25, 0.3) is 0 Å². The van der Waals surface area contributed by atoms with Crippen molar-refractivity contribution in [3.05, 3.63) is 41.9 Å². The number of urea groups is 1. The van der Waals surface area contributed by atoms with Crippen LogP contribution in [0.15, 0.2) is 35.3 Å². The molecule has 0 saturated carbocycles. The van der Waals surface area contributed by atoms with Crippen LogP contribution in [0.2, 0.25) is 0 Å². The number of hydrogen-bond acceptors (Lipinski definition) is 5. The Bertz CT molecular complexity index is 673. The van der Waals surface area contributed by atoms with Crippen molar-refractivity contribution in [2.45, 2.75) is 19.9 Å². The molecule has 0 radical (unpaired) electrons. The number of rotatable bonds is 5. The minimum Gasteiger partial charge on any atom is -0.362 e. The van der Waals surface area contributed by atoms with Crippen molar-refractivity contribution in [2.75, 3.05) is 32.0 Å². The zero-order valence-electron chi connectivity index (χ0n) is 14.1. The number of hydrogen-bond donors (Lipinski definition) is 1. The van der Waals surface area contributed by atoms with Gasteiger partial charge in [0.15, 0.2) is 5.82 Å². The standard InChI is InChI=1S/C17H23N5O2/c1-13-12-24-20-16(13)19-17(23)22-7-5-15(11-22)10-21(2)9-14-4-3-6-18-8-14/h3-4,6,8,12,15H,5,7,9-11H2,1-2H3,(H,19,20,23)/t15-/m0/s1. The lowest BCUT2D eigenvalue weighted by Gasteiger charge is -2.21. The van der Waals surface area contributed by atoms with Crippen LogP contribution in [0.3, 0.4) is 0 Å². The monoisotopic (exact) mass is 329 g/mol.